The molecule has 0 aliphatic heterocycles. The molecule has 7 rings (SSSR count). The smallest absolute Gasteiger partial charge is 0.163 e. The van der Waals surface area contributed by atoms with Gasteiger partial charge < -0.3 is 5.11 Å². The number of benzene rings is 5. The molecule has 2 aliphatic rings. The summed E-state index contributed by atoms with van der Waals surface area (Å²) in [6.07, 6.45) is 0. The van der Waals surface area contributed by atoms with Crippen LogP contribution < -0.4 is 0 Å². The molecule has 0 amide bonds. The second-order valence-corrected chi connectivity index (χ2v) is 9.80. The summed E-state index contributed by atoms with van der Waals surface area (Å²) in [6, 6.07) is 36.5. The van der Waals surface area contributed by atoms with Crippen molar-refractivity contribution in [3.63, 3.8) is 0 Å². The molecule has 0 atom stereocenters. The predicted molar refractivity (Wildman–Crippen MR) is 146 cm³/mol. The van der Waals surface area contributed by atoms with Gasteiger partial charge in [0.15, 0.2) is 5.78 Å². The van der Waals surface area contributed by atoms with Gasteiger partial charge in [-0.15, -0.1) is 0 Å². The molecule has 172 valence electrons. The van der Waals surface area contributed by atoms with Gasteiger partial charge in [-0.3, -0.25) is 4.79 Å². The summed E-state index contributed by atoms with van der Waals surface area (Å²) in [5.41, 5.74) is 10.5. The molecule has 0 unspecified atom stereocenters. The number of carbonyl (C=O) groups is 1. The van der Waals surface area contributed by atoms with E-state index in [0.717, 1.165) is 21.9 Å². The summed E-state index contributed by atoms with van der Waals surface area (Å²) >= 11 is 0. The molecule has 2 heteroatoms. The Morgan fingerprint density at radius 1 is 0.611 bits per heavy atom. The van der Waals surface area contributed by atoms with Gasteiger partial charge in [0, 0.05) is 0 Å². The van der Waals surface area contributed by atoms with E-state index >= 15 is 0 Å². The molecule has 5 aromatic rings. The Morgan fingerprint density at radius 3 is 1.64 bits per heavy atom. The molecule has 1 spiro atoms. The van der Waals surface area contributed by atoms with E-state index < -0.39 is 5.41 Å². The van der Waals surface area contributed by atoms with Crippen LogP contribution in [-0.2, 0) is 10.2 Å². The lowest BCUT2D eigenvalue weighted by atomic mass is 9.70. The first-order chi connectivity index (χ1) is 17.5. The largest absolute Gasteiger partial charge is 0.512 e. The van der Waals surface area contributed by atoms with Gasteiger partial charge in [0.1, 0.15) is 5.76 Å². The number of aliphatic hydroxyl groups is 1. The fourth-order valence-electron chi connectivity index (χ4n) is 6.80. The molecule has 0 bridgehead atoms. The van der Waals surface area contributed by atoms with E-state index in [4.69, 9.17) is 0 Å². The van der Waals surface area contributed by atoms with Crippen LogP contribution in [0.25, 0.3) is 38.6 Å². The number of aliphatic hydroxyl groups excluding tert-OH is 1. The average molecular weight is 465 g/mol. The van der Waals surface area contributed by atoms with Crippen molar-refractivity contribution >= 4 is 22.1 Å². The van der Waals surface area contributed by atoms with E-state index in [1.54, 1.807) is 6.92 Å². The number of Topliss-reactive ketones (excluding diaryl/α,β-unsaturated/α-hetero) is 1. The summed E-state index contributed by atoms with van der Waals surface area (Å²) in [6.45, 7) is 3.13. The molecular weight excluding hydrogens is 440 g/mol. The molecule has 0 saturated carbocycles. The minimum atomic E-state index is -0.497. The second kappa shape index (κ2) is 7.29. The maximum absolute atomic E-state index is 12.8. The topological polar surface area (TPSA) is 37.3 Å². The van der Waals surface area contributed by atoms with Gasteiger partial charge in [-0.25, -0.2) is 0 Å². The Morgan fingerprint density at radius 2 is 1.08 bits per heavy atom. The molecule has 0 fully saturated rings. The van der Waals surface area contributed by atoms with Gasteiger partial charge in [0.25, 0.3) is 0 Å². The zero-order valence-corrected chi connectivity index (χ0v) is 20.2. The molecule has 0 heterocycles. The van der Waals surface area contributed by atoms with Gasteiger partial charge in [-0.2, -0.15) is 0 Å². The van der Waals surface area contributed by atoms with Crippen molar-refractivity contribution in [2.45, 2.75) is 19.3 Å². The Hall–Kier alpha value is -4.43. The van der Waals surface area contributed by atoms with E-state index in [9.17, 15) is 9.90 Å². The third-order valence-corrected chi connectivity index (χ3v) is 7.98. The summed E-state index contributed by atoms with van der Waals surface area (Å²) < 4.78 is 0. The quantitative estimate of drug-likeness (QED) is 0.207. The number of rotatable bonds is 2. The van der Waals surface area contributed by atoms with Crippen molar-refractivity contribution in [2.24, 2.45) is 0 Å². The molecule has 1 N–H and O–H groups in total. The molecule has 2 aliphatic carbocycles. The van der Waals surface area contributed by atoms with Crippen LogP contribution in [0.1, 0.15) is 41.7 Å². The molecular formula is C34H24O2. The minimum absolute atomic E-state index is 0.0457. The van der Waals surface area contributed by atoms with Gasteiger partial charge in [0.05, 0.1) is 11.0 Å². The van der Waals surface area contributed by atoms with Gasteiger partial charge in [-0.1, -0.05) is 97.1 Å². The average Bonchev–Trinajstić information content (AvgIpc) is 3.36. The highest BCUT2D eigenvalue weighted by Gasteiger charge is 2.52. The Bertz CT molecular complexity index is 1740. The zero-order valence-electron chi connectivity index (χ0n) is 20.2. The molecule has 5 aromatic carbocycles. The highest BCUT2D eigenvalue weighted by atomic mass is 16.3. The van der Waals surface area contributed by atoms with Gasteiger partial charge in [0.2, 0.25) is 0 Å². The summed E-state index contributed by atoms with van der Waals surface area (Å²) in [4.78, 5) is 12.8. The van der Waals surface area contributed by atoms with Crippen LogP contribution in [0.2, 0.25) is 0 Å². The van der Waals surface area contributed by atoms with E-state index in [1.807, 2.05) is 6.07 Å². The van der Waals surface area contributed by atoms with Crippen molar-refractivity contribution in [3.8, 4) is 22.3 Å². The molecule has 0 aromatic heterocycles. The third kappa shape index (κ3) is 2.43. The van der Waals surface area contributed by atoms with Crippen molar-refractivity contribution in [3.05, 3.63) is 137 Å². The van der Waals surface area contributed by atoms with E-state index in [2.05, 4.69) is 97.1 Å². The highest BCUT2D eigenvalue weighted by Crippen LogP contribution is 2.64. The zero-order chi connectivity index (χ0) is 24.6. The number of carbonyl (C=O) groups excluding carboxylic acids is 1. The SMILES string of the molecule is CC(=O)/C(=C(/C)O)c1cc2c(c3ccccc13)-c1ccccc1C21c2ccccc2-c2ccccc21. The van der Waals surface area contributed by atoms with Crippen molar-refractivity contribution in [2.75, 3.05) is 0 Å². The lowest BCUT2D eigenvalue weighted by Gasteiger charge is -2.31. The molecule has 36 heavy (non-hydrogen) atoms. The summed E-state index contributed by atoms with van der Waals surface area (Å²) in [5, 5.41) is 12.7. The van der Waals surface area contributed by atoms with Crippen LogP contribution in [0.5, 0.6) is 0 Å². The lowest BCUT2D eigenvalue weighted by Crippen LogP contribution is -2.26. The Kier molecular flexibility index (Phi) is 4.23. The van der Waals surface area contributed by atoms with Crippen LogP contribution in [0, 0.1) is 0 Å². The maximum atomic E-state index is 12.8. The lowest BCUT2D eigenvalue weighted by molar-refractivity contribution is -0.111. The maximum Gasteiger partial charge on any atom is 0.163 e. The summed E-state index contributed by atoms with van der Waals surface area (Å²) in [7, 11) is 0. The first-order valence-corrected chi connectivity index (χ1v) is 12.3. The van der Waals surface area contributed by atoms with Gasteiger partial charge >= 0.3 is 0 Å². The number of ketones is 1. The van der Waals surface area contributed by atoms with Crippen LogP contribution >= 0.6 is 0 Å². The van der Waals surface area contributed by atoms with Crippen LogP contribution in [0.4, 0.5) is 0 Å². The highest BCUT2D eigenvalue weighted by molar-refractivity contribution is 6.24. The van der Waals surface area contributed by atoms with Crippen molar-refractivity contribution in [1.29, 1.82) is 0 Å². The monoisotopic (exact) mass is 464 g/mol. The Balaban J connectivity index is 1.75. The van der Waals surface area contributed by atoms with Crippen LogP contribution in [-0.4, -0.2) is 10.9 Å². The fraction of sp³-hybridized carbons (Fsp3) is 0.0882. The van der Waals surface area contributed by atoms with Crippen LogP contribution in [0.15, 0.2) is 109 Å². The minimum Gasteiger partial charge on any atom is -0.512 e. The number of hydrogen-bond donors (Lipinski definition) is 1. The van der Waals surface area contributed by atoms with E-state index in [0.29, 0.717) is 5.57 Å². The fourth-order valence-corrected chi connectivity index (χ4v) is 6.80. The number of hydrogen-bond acceptors (Lipinski definition) is 2. The first-order valence-electron chi connectivity index (χ1n) is 12.3. The second-order valence-electron chi connectivity index (χ2n) is 9.80. The normalized spacial score (nSPS) is 14.7. The van der Waals surface area contributed by atoms with Crippen molar-refractivity contribution < 1.29 is 9.90 Å². The van der Waals surface area contributed by atoms with E-state index in [1.165, 1.54) is 45.9 Å². The number of allylic oxidation sites excluding steroid dienone is 2. The Labute approximate surface area is 210 Å². The number of fused-ring (bicyclic) bond motifs is 12. The molecule has 0 saturated heterocycles. The molecule has 2 nitrogen and oxygen atoms in total. The van der Waals surface area contributed by atoms with Crippen molar-refractivity contribution in [1.82, 2.24) is 0 Å². The summed E-state index contributed by atoms with van der Waals surface area (Å²) in [5.74, 6) is -0.0960. The predicted octanol–water partition coefficient (Wildman–Crippen LogP) is 8.06. The van der Waals surface area contributed by atoms with Gasteiger partial charge in [-0.05, 0) is 80.8 Å². The third-order valence-electron chi connectivity index (χ3n) is 7.98. The molecule has 0 radical (unpaired) electrons. The van der Waals surface area contributed by atoms with Crippen LogP contribution in [0.3, 0.4) is 0 Å². The van der Waals surface area contributed by atoms with E-state index in [-0.39, 0.29) is 11.5 Å². The first kappa shape index (κ1) is 20.9. The standard InChI is InChI=1S/C34H24O2/c1-20(35)32(21(2)36)27-19-31-33(25-14-4-3-11-22(25)27)26-15-7-10-18-30(26)34(31)28-16-8-5-12-23(28)24-13-6-9-17-29(24)34/h3-19,35H,1-2H3/b32-20+.